The number of nitrogens with one attached hydrogen (secondary N) is 1. The maximum Gasteiger partial charge on any atom is 0.336 e. The first kappa shape index (κ1) is 26.5. The van der Waals surface area contributed by atoms with E-state index in [1.165, 1.54) is 25.3 Å². The number of nitro groups is 1. The van der Waals surface area contributed by atoms with Crippen molar-refractivity contribution in [2.45, 2.75) is 39.7 Å². The van der Waals surface area contributed by atoms with Gasteiger partial charge in [0.15, 0.2) is 0 Å². The third-order valence-electron chi connectivity index (χ3n) is 5.15. The second-order valence-electron chi connectivity index (χ2n) is 7.83. The Labute approximate surface area is 198 Å². The number of carbonyl (C=O) groups excluding carboxylic acids is 2. The van der Waals surface area contributed by atoms with Crippen molar-refractivity contribution < 1.29 is 24.0 Å². The van der Waals surface area contributed by atoms with Crippen molar-refractivity contribution in [3.8, 4) is 0 Å². The van der Waals surface area contributed by atoms with Gasteiger partial charge in [-0.25, -0.2) is 4.79 Å². The van der Waals surface area contributed by atoms with Gasteiger partial charge in [0.1, 0.15) is 5.92 Å². The third-order valence-corrected chi connectivity index (χ3v) is 6.12. The molecule has 0 spiro atoms. The smallest absolute Gasteiger partial charge is 0.336 e. The number of esters is 2. The molecule has 2 unspecified atom stereocenters. The lowest BCUT2D eigenvalue weighted by molar-refractivity contribution is -0.384. The number of hydrogen-bond acceptors (Lipinski definition) is 9. The number of rotatable bonds is 11. The topological polar surface area (TPSA) is 120 Å². The van der Waals surface area contributed by atoms with Crippen LogP contribution in [0.25, 0.3) is 0 Å². The normalized spacial score (nSPS) is 18.2. The molecule has 1 aromatic rings. The minimum atomic E-state index is -0.896. The van der Waals surface area contributed by atoms with E-state index >= 15 is 0 Å². The van der Waals surface area contributed by atoms with Crippen LogP contribution >= 0.6 is 11.8 Å². The highest BCUT2D eigenvalue weighted by atomic mass is 32.2. The summed E-state index contributed by atoms with van der Waals surface area (Å²) in [5, 5.41) is 14.7. The number of hydrogen-bond donors (Lipinski definition) is 1. The van der Waals surface area contributed by atoms with Gasteiger partial charge in [-0.05, 0) is 19.4 Å². The van der Waals surface area contributed by atoms with Gasteiger partial charge >= 0.3 is 11.9 Å². The van der Waals surface area contributed by atoms with Gasteiger partial charge in [-0.1, -0.05) is 26.0 Å². The molecule has 0 aromatic heterocycles. The fourth-order valence-corrected chi connectivity index (χ4v) is 4.53. The molecule has 2 rings (SSSR count). The number of thioether (sulfide) groups is 1. The molecule has 0 fully saturated rings. The third kappa shape index (κ3) is 6.88. The number of benzene rings is 1. The second-order valence-corrected chi connectivity index (χ2v) is 8.93. The molecule has 0 saturated carbocycles. The molecule has 1 aliphatic heterocycles. The molecular weight excluding hydrogens is 446 g/mol. The van der Waals surface area contributed by atoms with Crippen LogP contribution in [0.5, 0.6) is 0 Å². The summed E-state index contributed by atoms with van der Waals surface area (Å²) < 4.78 is 10.3. The molecule has 33 heavy (non-hydrogen) atoms. The number of nitrogens with zero attached hydrogens (tertiary/aromatic N) is 2. The molecule has 0 aliphatic carbocycles. The lowest BCUT2D eigenvalue weighted by Gasteiger charge is -2.32. The molecule has 2 atom stereocenters. The van der Waals surface area contributed by atoms with Gasteiger partial charge in [-0.15, -0.1) is 0 Å². The molecule has 0 saturated heterocycles. The predicted octanol–water partition coefficient (Wildman–Crippen LogP) is 3.49. The van der Waals surface area contributed by atoms with E-state index in [4.69, 9.17) is 9.47 Å². The fourth-order valence-electron chi connectivity index (χ4n) is 3.71. The van der Waals surface area contributed by atoms with Crippen LogP contribution < -0.4 is 5.32 Å². The highest BCUT2D eigenvalue weighted by molar-refractivity contribution is 7.99. The van der Waals surface area contributed by atoms with Crippen molar-refractivity contribution in [3.63, 3.8) is 0 Å². The molecule has 1 N–H and O–H groups in total. The predicted molar refractivity (Wildman–Crippen MR) is 129 cm³/mol. The van der Waals surface area contributed by atoms with Crippen LogP contribution in [0.3, 0.4) is 0 Å². The number of carbonyl (C=O) groups is 2. The lowest BCUT2D eigenvalue weighted by atomic mass is 9.75. The maximum atomic E-state index is 13.1. The zero-order valence-electron chi connectivity index (χ0n) is 19.6. The molecular formula is C23H31N3O6S. The molecule has 0 amide bonds. The molecule has 1 aromatic carbocycles. The van der Waals surface area contributed by atoms with E-state index in [9.17, 15) is 19.7 Å². The first-order valence-corrected chi connectivity index (χ1v) is 11.9. The van der Waals surface area contributed by atoms with E-state index in [2.05, 4.69) is 24.2 Å². The second kappa shape index (κ2) is 12.5. The Morgan fingerprint density at radius 2 is 2.06 bits per heavy atom. The van der Waals surface area contributed by atoms with Crippen molar-refractivity contribution in [2.75, 3.05) is 31.8 Å². The van der Waals surface area contributed by atoms with Crippen molar-refractivity contribution in [1.29, 1.82) is 0 Å². The van der Waals surface area contributed by atoms with E-state index < -0.39 is 28.7 Å². The molecule has 0 bridgehead atoms. The average Bonchev–Trinajstić information content (AvgIpc) is 2.77. The molecule has 180 valence electrons. The monoisotopic (exact) mass is 477 g/mol. The van der Waals surface area contributed by atoms with Gasteiger partial charge in [0.05, 0.1) is 29.9 Å². The standard InChI is InChI=1S/C23H31N3O6S/c1-6-32-23(28)21-18(13-33-11-10-24-14(2)3)25-15(4)19(22(27)31-5)20(21)16-8-7-9-17(12-16)26(29)30/h7-9,12,14,19-20,24H,6,10-11,13H2,1-5H3. The number of aliphatic imine (C=N–C) groups is 1. The summed E-state index contributed by atoms with van der Waals surface area (Å²) in [5.41, 5.74) is 1.57. The Hall–Kier alpha value is -2.72. The maximum absolute atomic E-state index is 13.1. The van der Waals surface area contributed by atoms with E-state index in [-0.39, 0.29) is 17.9 Å². The zero-order chi connectivity index (χ0) is 24.5. The van der Waals surface area contributed by atoms with Crippen molar-refractivity contribution >= 4 is 35.1 Å². The average molecular weight is 478 g/mol. The van der Waals surface area contributed by atoms with Crippen LogP contribution in [0, 0.1) is 16.0 Å². The van der Waals surface area contributed by atoms with Gasteiger partial charge < -0.3 is 14.8 Å². The van der Waals surface area contributed by atoms with Crippen LogP contribution in [-0.2, 0) is 19.1 Å². The molecule has 0 radical (unpaired) electrons. The highest BCUT2D eigenvalue weighted by Crippen LogP contribution is 2.41. The van der Waals surface area contributed by atoms with Gasteiger partial charge in [-0.2, -0.15) is 11.8 Å². The quantitative estimate of drug-likeness (QED) is 0.223. The highest BCUT2D eigenvalue weighted by Gasteiger charge is 2.43. The van der Waals surface area contributed by atoms with Gasteiger partial charge in [-0.3, -0.25) is 19.9 Å². The summed E-state index contributed by atoms with van der Waals surface area (Å²) in [6, 6.07) is 6.33. The summed E-state index contributed by atoms with van der Waals surface area (Å²) in [7, 11) is 1.26. The first-order chi connectivity index (χ1) is 15.7. The van der Waals surface area contributed by atoms with E-state index in [1.54, 1.807) is 31.7 Å². The van der Waals surface area contributed by atoms with Crippen molar-refractivity contribution in [3.05, 3.63) is 51.2 Å². The first-order valence-electron chi connectivity index (χ1n) is 10.8. The Kier molecular flexibility index (Phi) is 10.1. The van der Waals surface area contributed by atoms with Gasteiger partial charge in [0.25, 0.3) is 5.69 Å². The largest absolute Gasteiger partial charge is 0.468 e. The van der Waals surface area contributed by atoms with Crippen LogP contribution in [0.2, 0.25) is 0 Å². The number of non-ortho nitro benzene ring substituents is 1. The molecule has 10 heteroatoms. The number of methoxy groups -OCH3 is 1. The number of nitro benzene ring substituents is 1. The summed E-state index contributed by atoms with van der Waals surface area (Å²) in [5.74, 6) is -1.62. The SMILES string of the molecule is CCOC(=O)C1=C(CSCCNC(C)C)N=C(C)C(C(=O)OC)C1c1cccc([N+](=O)[O-])c1. The van der Waals surface area contributed by atoms with E-state index in [0.29, 0.717) is 28.8 Å². The van der Waals surface area contributed by atoms with Crippen LogP contribution in [0.15, 0.2) is 40.5 Å². The van der Waals surface area contributed by atoms with Gasteiger partial charge in [0.2, 0.25) is 0 Å². The molecule has 1 aliphatic rings. The zero-order valence-corrected chi connectivity index (χ0v) is 20.4. The Balaban J connectivity index is 2.56. The van der Waals surface area contributed by atoms with Crippen molar-refractivity contribution in [1.82, 2.24) is 5.32 Å². The lowest BCUT2D eigenvalue weighted by Crippen LogP contribution is -2.36. The van der Waals surface area contributed by atoms with Crippen LogP contribution in [-0.4, -0.2) is 60.4 Å². The Morgan fingerprint density at radius 1 is 1.33 bits per heavy atom. The molecule has 1 heterocycles. The van der Waals surface area contributed by atoms with E-state index in [0.717, 1.165) is 12.3 Å². The van der Waals surface area contributed by atoms with Crippen molar-refractivity contribution in [2.24, 2.45) is 10.9 Å². The summed E-state index contributed by atoms with van der Waals surface area (Å²) in [4.78, 5) is 41.3. The summed E-state index contributed by atoms with van der Waals surface area (Å²) in [6.45, 7) is 8.48. The Bertz CT molecular complexity index is 944. The van der Waals surface area contributed by atoms with E-state index in [1.807, 2.05) is 0 Å². The summed E-state index contributed by atoms with van der Waals surface area (Å²) in [6.07, 6.45) is 0. The minimum Gasteiger partial charge on any atom is -0.468 e. The fraction of sp³-hybridized carbons (Fsp3) is 0.522. The molecule has 9 nitrogen and oxygen atoms in total. The minimum absolute atomic E-state index is 0.129. The Morgan fingerprint density at radius 3 is 2.67 bits per heavy atom. The summed E-state index contributed by atoms with van der Waals surface area (Å²) >= 11 is 1.60. The number of ether oxygens (including phenoxy) is 2. The van der Waals surface area contributed by atoms with Gasteiger partial charge in [0, 0.05) is 47.9 Å². The van der Waals surface area contributed by atoms with Crippen LogP contribution in [0.1, 0.15) is 39.2 Å². The van der Waals surface area contributed by atoms with Crippen LogP contribution in [0.4, 0.5) is 5.69 Å².